The molecule has 0 bridgehead atoms. The van der Waals surface area contributed by atoms with Gasteiger partial charge in [-0.15, -0.1) is 0 Å². The van der Waals surface area contributed by atoms with Gasteiger partial charge in [-0.3, -0.25) is 19.3 Å². The van der Waals surface area contributed by atoms with Gasteiger partial charge in [-0.05, 0) is 50.1 Å². The Balaban J connectivity index is 1.23. The standard InChI is InChI=1S/C28H31N3O6/c1-19-4-6-20(7-5-19)26(33)31-22(27(34)29-12-2-3-13-29)17-37-28(31)10-14-30(15-11-28)25(32)21-8-9-23-24(16-21)36-18-35-23/h4-9,16,22H,2-3,10-15,17-18H2,1H3. The summed E-state index contributed by atoms with van der Waals surface area (Å²) < 4.78 is 17.1. The summed E-state index contributed by atoms with van der Waals surface area (Å²) in [5.41, 5.74) is 1.20. The van der Waals surface area contributed by atoms with E-state index in [4.69, 9.17) is 14.2 Å². The van der Waals surface area contributed by atoms with Crippen LogP contribution < -0.4 is 9.47 Å². The van der Waals surface area contributed by atoms with Crippen molar-refractivity contribution in [3.05, 3.63) is 59.2 Å². The maximum absolute atomic E-state index is 13.9. The zero-order valence-electron chi connectivity index (χ0n) is 21.0. The molecule has 9 heteroatoms. The summed E-state index contributed by atoms with van der Waals surface area (Å²) in [7, 11) is 0. The van der Waals surface area contributed by atoms with E-state index in [9.17, 15) is 14.4 Å². The first-order chi connectivity index (χ1) is 17.9. The second-order valence-corrected chi connectivity index (χ2v) is 10.2. The molecular formula is C28H31N3O6. The van der Waals surface area contributed by atoms with E-state index >= 15 is 0 Å². The fourth-order valence-electron chi connectivity index (χ4n) is 5.81. The van der Waals surface area contributed by atoms with Crippen molar-refractivity contribution in [3.63, 3.8) is 0 Å². The number of amides is 3. The predicted octanol–water partition coefficient (Wildman–Crippen LogP) is 2.82. The zero-order valence-corrected chi connectivity index (χ0v) is 21.0. The lowest BCUT2D eigenvalue weighted by molar-refractivity contribution is -0.136. The molecule has 0 aromatic heterocycles. The molecule has 4 aliphatic heterocycles. The number of nitrogens with zero attached hydrogens (tertiary/aromatic N) is 3. The second kappa shape index (κ2) is 9.37. The molecule has 194 valence electrons. The summed E-state index contributed by atoms with van der Waals surface area (Å²) in [5, 5.41) is 0. The van der Waals surface area contributed by atoms with Gasteiger partial charge in [0.15, 0.2) is 11.5 Å². The van der Waals surface area contributed by atoms with Gasteiger partial charge in [0, 0.05) is 50.1 Å². The lowest BCUT2D eigenvalue weighted by atomic mass is 9.95. The number of hydrogen-bond donors (Lipinski definition) is 0. The van der Waals surface area contributed by atoms with E-state index in [0.29, 0.717) is 61.6 Å². The zero-order chi connectivity index (χ0) is 25.6. The van der Waals surface area contributed by atoms with E-state index in [-0.39, 0.29) is 31.1 Å². The van der Waals surface area contributed by atoms with Gasteiger partial charge in [0.1, 0.15) is 11.8 Å². The van der Waals surface area contributed by atoms with Crippen LogP contribution in [-0.2, 0) is 9.53 Å². The summed E-state index contributed by atoms with van der Waals surface area (Å²) in [6.45, 7) is 4.55. The molecule has 3 saturated heterocycles. The number of fused-ring (bicyclic) bond motifs is 1. The Morgan fingerprint density at radius 1 is 0.811 bits per heavy atom. The monoisotopic (exact) mass is 505 g/mol. The molecule has 1 unspecified atom stereocenters. The summed E-state index contributed by atoms with van der Waals surface area (Å²) in [4.78, 5) is 45.9. The number of carbonyl (C=O) groups is 3. The first kappa shape index (κ1) is 23.8. The number of rotatable bonds is 3. The SMILES string of the molecule is Cc1ccc(C(=O)N2C(C(=O)N3CCCC3)COC23CCN(C(=O)c2ccc4c(c2)OCO4)CC3)cc1. The maximum atomic E-state index is 13.9. The van der Waals surface area contributed by atoms with Crippen LogP contribution in [0.4, 0.5) is 0 Å². The molecule has 3 fully saturated rings. The minimum absolute atomic E-state index is 0.0475. The minimum atomic E-state index is -0.923. The number of aryl methyl sites for hydroxylation is 1. The summed E-state index contributed by atoms with van der Waals surface area (Å²) in [5.74, 6) is 0.843. The van der Waals surface area contributed by atoms with Crippen LogP contribution in [0.15, 0.2) is 42.5 Å². The smallest absolute Gasteiger partial charge is 0.256 e. The number of ether oxygens (including phenoxy) is 3. The van der Waals surface area contributed by atoms with Gasteiger partial charge in [0.2, 0.25) is 12.7 Å². The Hall–Kier alpha value is -3.59. The fourth-order valence-corrected chi connectivity index (χ4v) is 5.81. The molecule has 0 aliphatic carbocycles. The van der Waals surface area contributed by atoms with Crippen molar-refractivity contribution in [2.75, 3.05) is 39.6 Å². The molecule has 37 heavy (non-hydrogen) atoms. The summed E-state index contributed by atoms with van der Waals surface area (Å²) in [6.07, 6.45) is 2.83. The molecule has 9 nitrogen and oxygen atoms in total. The van der Waals surface area contributed by atoms with Gasteiger partial charge >= 0.3 is 0 Å². The molecule has 0 N–H and O–H groups in total. The van der Waals surface area contributed by atoms with Gasteiger partial charge in [-0.25, -0.2) is 0 Å². The Labute approximate surface area is 215 Å². The van der Waals surface area contributed by atoms with Crippen molar-refractivity contribution in [2.45, 2.75) is 44.4 Å². The third kappa shape index (κ3) is 4.21. The van der Waals surface area contributed by atoms with Gasteiger partial charge in [0.25, 0.3) is 11.8 Å². The molecule has 2 aromatic carbocycles. The third-order valence-corrected chi connectivity index (χ3v) is 7.93. The normalized spacial score (nSPS) is 22.1. The maximum Gasteiger partial charge on any atom is 0.256 e. The van der Waals surface area contributed by atoms with Crippen LogP contribution in [0.2, 0.25) is 0 Å². The Bertz CT molecular complexity index is 1210. The number of hydrogen-bond acceptors (Lipinski definition) is 6. The van der Waals surface area contributed by atoms with Gasteiger partial charge in [-0.1, -0.05) is 17.7 Å². The molecular weight excluding hydrogens is 474 g/mol. The molecule has 4 aliphatic rings. The average Bonchev–Trinajstić information content (AvgIpc) is 3.68. The fraction of sp³-hybridized carbons (Fsp3) is 0.464. The average molecular weight is 506 g/mol. The highest BCUT2D eigenvalue weighted by molar-refractivity contribution is 5.99. The molecule has 0 radical (unpaired) electrons. The second-order valence-electron chi connectivity index (χ2n) is 10.2. The molecule has 0 saturated carbocycles. The molecule has 1 atom stereocenters. The highest BCUT2D eigenvalue weighted by Crippen LogP contribution is 2.40. The summed E-state index contributed by atoms with van der Waals surface area (Å²) >= 11 is 0. The topological polar surface area (TPSA) is 88.6 Å². The lowest BCUT2D eigenvalue weighted by Crippen LogP contribution is -2.60. The van der Waals surface area contributed by atoms with E-state index in [1.54, 1.807) is 40.1 Å². The van der Waals surface area contributed by atoms with Crippen molar-refractivity contribution >= 4 is 17.7 Å². The number of likely N-dealkylation sites (tertiary alicyclic amines) is 2. The van der Waals surface area contributed by atoms with Crippen LogP contribution in [0.1, 0.15) is 52.0 Å². The Kier molecular flexibility index (Phi) is 6.03. The lowest BCUT2D eigenvalue weighted by Gasteiger charge is -2.44. The van der Waals surface area contributed by atoms with Gasteiger partial charge in [0.05, 0.1) is 6.61 Å². The van der Waals surface area contributed by atoms with Gasteiger partial charge < -0.3 is 24.0 Å². The van der Waals surface area contributed by atoms with Crippen molar-refractivity contribution in [1.29, 1.82) is 0 Å². The van der Waals surface area contributed by atoms with Crippen molar-refractivity contribution in [2.24, 2.45) is 0 Å². The van der Waals surface area contributed by atoms with Crippen LogP contribution in [-0.4, -0.2) is 83.8 Å². The Morgan fingerprint density at radius 2 is 1.49 bits per heavy atom. The predicted molar refractivity (Wildman–Crippen MR) is 133 cm³/mol. The van der Waals surface area contributed by atoms with E-state index in [1.165, 1.54) is 0 Å². The first-order valence-corrected chi connectivity index (χ1v) is 13.0. The molecule has 3 amide bonds. The highest BCUT2D eigenvalue weighted by Gasteiger charge is 2.55. The van der Waals surface area contributed by atoms with Crippen LogP contribution in [0, 0.1) is 6.92 Å². The quantitative estimate of drug-likeness (QED) is 0.638. The van der Waals surface area contributed by atoms with E-state index in [0.717, 1.165) is 18.4 Å². The molecule has 2 aromatic rings. The molecule has 4 heterocycles. The molecule has 1 spiro atoms. The van der Waals surface area contributed by atoms with Crippen LogP contribution in [0.5, 0.6) is 11.5 Å². The van der Waals surface area contributed by atoms with Crippen molar-refractivity contribution in [1.82, 2.24) is 14.7 Å². The van der Waals surface area contributed by atoms with Gasteiger partial charge in [-0.2, -0.15) is 0 Å². The first-order valence-electron chi connectivity index (χ1n) is 13.0. The van der Waals surface area contributed by atoms with E-state index in [1.807, 2.05) is 24.0 Å². The van der Waals surface area contributed by atoms with Crippen LogP contribution in [0.25, 0.3) is 0 Å². The number of benzene rings is 2. The largest absolute Gasteiger partial charge is 0.454 e. The highest BCUT2D eigenvalue weighted by atomic mass is 16.7. The molecule has 6 rings (SSSR count). The minimum Gasteiger partial charge on any atom is -0.454 e. The van der Waals surface area contributed by atoms with Crippen LogP contribution in [0.3, 0.4) is 0 Å². The third-order valence-electron chi connectivity index (χ3n) is 7.93. The van der Waals surface area contributed by atoms with Crippen LogP contribution >= 0.6 is 0 Å². The van der Waals surface area contributed by atoms with E-state index < -0.39 is 11.8 Å². The van der Waals surface area contributed by atoms with Crippen molar-refractivity contribution in [3.8, 4) is 11.5 Å². The summed E-state index contributed by atoms with van der Waals surface area (Å²) in [6, 6.07) is 11.9. The van der Waals surface area contributed by atoms with Crippen molar-refractivity contribution < 1.29 is 28.6 Å². The van der Waals surface area contributed by atoms with E-state index in [2.05, 4.69) is 0 Å². The number of carbonyl (C=O) groups excluding carboxylic acids is 3. The Morgan fingerprint density at radius 3 is 2.22 bits per heavy atom. The number of piperidine rings is 1.